The highest BCUT2D eigenvalue weighted by atomic mass is 32.2. The van der Waals surface area contributed by atoms with E-state index >= 15 is 0 Å². The van der Waals surface area contributed by atoms with E-state index in [9.17, 15) is 22.4 Å². The van der Waals surface area contributed by atoms with Crippen molar-refractivity contribution >= 4 is 27.5 Å². The van der Waals surface area contributed by atoms with Crippen LogP contribution in [0, 0.1) is 5.82 Å². The van der Waals surface area contributed by atoms with Crippen LogP contribution in [0.2, 0.25) is 0 Å². The zero-order valence-electron chi connectivity index (χ0n) is 24.7. The minimum Gasteiger partial charge on any atom is -0.486 e. The molecule has 43 heavy (non-hydrogen) atoms. The van der Waals surface area contributed by atoms with Gasteiger partial charge in [0.1, 0.15) is 31.6 Å². The number of nitrogens with one attached hydrogen (secondary N) is 1. The summed E-state index contributed by atoms with van der Waals surface area (Å²) in [5.74, 6) is -0.775. The summed E-state index contributed by atoms with van der Waals surface area (Å²) in [4.78, 5) is 29.4. The lowest BCUT2D eigenvalue weighted by atomic mass is 10.0. The molecule has 0 saturated carbocycles. The maximum atomic E-state index is 14.3. The molecule has 3 aromatic carbocycles. The van der Waals surface area contributed by atoms with Crippen molar-refractivity contribution in [2.45, 2.75) is 52.2 Å². The molecular weight excluding hydrogens is 573 g/mol. The second-order valence-electron chi connectivity index (χ2n) is 10.4. The lowest BCUT2D eigenvalue weighted by molar-refractivity contribution is -0.140. The van der Waals surface area contributed by atoms with E-state index in [2.05, 4.69) is 5.32 Å². The Morgan fingerprint density at radius 1 is 0.930 bits per heavy atom. The predicted molar refractivity (Wildman–Crippen MR) is 163 cm³/mol. The molecule has 230 valence electrons. The Balaban J connectivity index is 1.75. The molecule has 3 aromatic rings. The first-order chi connectivity index (χ1) is 20.6. The van der Waals surface area contributed by atoms with Crippen LogP contribution in [0.3, 0.4) is 0 Å². The monoisotopic (exact) mass is 611 g/mol. The zero-order valence-corrected chi connectivity index (χ0v) is 25.5. The lowest BCUT2D eigenvalue weighted by Crippen LogP contribution is -2.54. The van der Waals surface area contributed by atoms with Crippen LogP contribution in [0.25, 0.3) is 0 Å². The molecule has 2 unspecified atom stereocenters. The van der Waals surface area contributed by atoms with Crippen molar-refractivity contribution in [3.05, 3.63) is 89.7 Å². The fourth-order valence-corrected chi connectivity index (χ4v) is 5.74. The summed E-state index contributed by atoms with van der Waals surface area (Å²) in [7, 11) is -3.94. The normalized spacial score (nSPS) is 14.0. The first kappa shape index (κ1) is 31.8. The Hall–Kier alpha value is -4.12. The number of ether oxygens (including phenoxy) is 2. The van der Waals surface area contributed by atoms with Crippen molar-refractivity contribution < 1.29 is 31.9 Å². The van der Waals surface area contributed by atoms with Gasteiger partial charge in [-0.3, -0.25) is 13.9 Å². The third kappa shape index (κ3) is 8.25. The first-order valence-corrected chi connectivity index (χ1v) is 16.0. The van der Waals surface area contributed by atoms with Crippen molar-refractivity contribution in [2.24, 2.45) is 0 Å². The average Bonchev–Trinajstić information content (AvgIpc) is 3.02. The molecule has 0 bridgehead atoms. The Kier molecular flexibility index (Phi) is 10.6. The number of amides is 2. The van der Waals surface area contributed by atoms with Crippen LogP contribution < -0.4 is 19.1 Å². The molecule has 0 aliphatic carbocycles. The van der Waals surface area contributed by atoms with E-state index in [0.717, 1.165) is 9.87 Å². The minimum absolute atomic E-state index is 0.0360. The van der Waals surface area contributed by atoms with E-state index in [-0.39, 0.29) is 36.4 Å². The number of hydrogen-bond donors (Lipinski definition) is 1. The third-order valence-corrected chi connectivity index (χ3v) is 9.07. The Morgan fingerprint density at radius 2 is 1.60 bits per heavy atom. The minimum atomic E-state index is -3.94. The van der Waals surface area contributed by atoms with Crippen molar-refractivity contribution in [1.29, 1.82) is 0 Å². The van der Waals surface area contributed by atoms with E-state index in [0.29, 0.717) is 36.7 Å². The summed E-state index contributed by atoms with van der Waals surface area (Å²) in [6.07, 6.45) is 0.878. The van der Waals surface area contributed by atoms with Gasteiger partial charge in [-0.2, -0.15) is 0 Å². The molecule has 9 nitrogen and oxygen atoms in total. The molecule has 0 radical (unpaired) electrons. The summed E-state index contributed by atoms with van der Waals surface area (Å²) in [5.41, 5.74) is 1.66. The Bertz CT molecular complexity index is 1500. The average molecular weight is 612 g/mol. The Labute approximate surface area is 252 Å². The van der Waals surface area contributed by atoms with Gasteiger partial charge in [0, 0.05) is 25.1 Å². The number of halogens is 1. The SMILES string of the molecule is CCC(C)NC(=O)C(Cc1ccccc1)N(Cc1ccc(F)cc1)C(=O)CN(c1ccc2c(c1)OCCO2)S(=O)(=O)CC. The fourth-order valence-electron chi connectivity index (χ4n) is 4.69. The molecule has 0 spiro atoms. The summed E-state index contributed by atoms with van der Waals surface area (Å²) in [6, 6.07) is 18.5. The number of benzene rings is 3. The highest BCUT2D eigenvalue weighted by molar-refractivity contribution is 7.92. The van der Waals surface area contributed by atoms with E-state index in [1.165, 1.54) is 30.0 Å². The number of nitrogens with zero attached hydrogens (tertiary/aromatic N) is 2. The molecular formula is C32H38FN3O6S. The number of fused-ring (bicyclic) bond motifs is 1. The van der Waals surface area contributed by atoms with Gasteiger partial charge in [0.2, 0.25) is 21.8 Å². The van der Waals surface area contributed by atoms with Crippen LogP contribution in [0.1, 0.15) is 38.3 Å². The van der Waals surface area contributed by atoms with E-state index in [1.807, 2.05) is 44.2 Å². The van der Waals surface area contributed by atoms with Crippen LogP contribution in [-0.2, 0) is 32.6 Å². The van der Waals surface area contributed by atoms with Crippen molar-refractivity contribution in [3.8, 4) is 11.5 Å². The van der Waals surface area contributed by atoms with Crippen LogP contribution in [0.4, 0.5) is 10.1 Å². The van der Waals surface area contributed by atoms with Crippen LogP contribution in [-0.4, -0.2) is 62.7 Å². The lowest BCUT2D eigenvalue weighted by Gasteiger charge is -2.34. The number of sulfonamides is 1. The maximum Gasteiger partial charge on any atom is 0.244 e. The summed E-state index contributed by atoms with van der Waals surface area (Å²) < 4.78 is 52.8. The molecule has 1 heterocycles. The van der Waals surface area contributed by atoms with Gasteiger partial charge in [0.25, 0.3) is 0 Å². The van der Waals surface area contributed by atoms with Gasteiger partial charge in [-0.1, -0.05) is 49.4 Å². The number of hydrogen-bond acceptors (Lipinski definition) is 6. The number of rotatable bonds is 13. The zero-order chi connectivity index (χ0) is 31.0. The number of carbonyl (C=O) groups is 2. The standard InChI is InChI=1S/C32H38FN3O6S/c1-4-23(3)34-32(38)28(19-24-9-7-6-8-10-24)35(21-25-11-13-26(33)14-12-25)31(37)22-36(43(39,40)5-2)27-15-16-29-30(20-27)42-18-17-41-29/h6-16,20,23,28H,4-5,17-19,21-22H2,1-3H3,(H,34,38). The molecule has 2 amide bonds. The van der Waals surface area contributed by atoms with Gasteiger partial charge in [-0.05, 0) is 55.7 Å². The third-order valence-electron chi connectivity index (χ3n) is 7.33. The predicted octanol–water partition coefficient (Wildman–Crippen LogP) is 4.31. The van der Waals surface area contributed by atoms with E-state index < -0.39 is 34.3 Å². The quantitative estimate of drug-likeness (QED) is 0.309. The van der Waals surface area contributed by atoms with Gasteiger partial charge in [-0.15, -0.1) is 0 Å². The van der Waals surface area contributed by atoms with Crippen molar-refractivity contribution in [1.82, 2.24) is 10.2 Å². The van der Waals surface area contributed by atoms with Crippen molar-refractivity contribution in [3.63, 3.8) is 0 Å². The highest BCUT2D eigenvalue weighted by Crippen LogP contribution is 2.35. The van der Waals surface area contributed by atoms with Gasteiger partial charge < -0.3 is 19.7 Å². The maximum absolute atomic E-state index is 14.3. The molecule has 0 saturated heterocycles. The number of anilines is 1. The molecule has 1 aliphatic rings. The van der Waals surface area contributed by atoms with Gasteiger partial charge in [-0.25, -0.2) is 12.8 Å². The molecule has 11 heteroatoms. The van der Waals surface area contributed by atoms with Crippen LogP contribution >= 0.6 is 0 Å². The second kappa shape index (κ2) is 14.4. The number of carbonyl (C=O) groups excluding carboxylic acids is 2. The fraction of sp³-hybridized carbons (Fsp3) is 0.375. The topological polar surface area (TPSA) is 105 Å². The molecule has 0 fully saturated rings. The van der Waals surface area contributed by atoms with Gasteiger partial charge in [0.05, 0.1) is 11.4 Å². The Morgan fingerprint density at radius 3 is 2.26 bits per heavy atom. The van der Waals surface area contributed by atoms with Gasteiger partial charge in [0.15, 0.2) is 11.5 Å². The van der Waals surface area contributed by atoms with Crippen LogP contribution in [0.5, 0.6) is 11.5 Å². The molecule has 4 rings (SSSR count). The largest absolute Gasteiger partial charge is 0.486 e. The summed E-state index contributed by atoms with van der Waals surface area (Å²) in [5, 5.41) is 2.99. The first-order valence-electron chi connectivity index (χ1n) is 14.4. The molecule has 0 aromatic heterocycles. The molecule has 1 aliphatic heterocycles. The van der Waals surface area contributed by atoms with Gasteiger partial charge >= 0.3 is 0 Å². The van der Waals surface area contributed by atoms with Crippen molar-refractivity contribution in [2.75, 3.05) is 29.8 Å². The summed E-state index contributed by atoms with van der Waals surface area (Å²) in [6.45, 7) is 5.42. The van der Waals surface area contributed by atoms with Crippen LogP contribution in [0.15, 0.2) is 72.8 Å². The summed E-state index contributed by atoms with van der Waals surface area (Å²) >= 11 is 0. The second-order valence-corrected chi connectivity index (χ2v) is 12.6. The molecule has 2 atom stereocenters. The van der Waals surface area contributed by atoms with E-state index in [1.54, 1.807) is 24.3 Å². The highest BCUT2D eigenvalue weighted by Gasteiger charge is 2.34. The van der Waals surface area contributed by atoms with E-state index in [4.69, 9.17) is 9.47 Å². The smallest absolute Gasteiger partial charge is 0.244 e. The molecule has 1 N–H and O–H groups in total.